The minimum atomic E-state index is -0.529. The molecule has 0 saturated heterocycles. The van der Waals surface area contributed by atoms with Crippen molar-refractivity contribution in [3.63, 3.8) is 0 Å². The zero-order valence-corrected chi connectivity index (χ0v) is 17.7. The molecule has 0 bridgehead atoms. The summed E-state index contributed by atoms with van der Waals surface area (Å²) in [6.45, 7) is 3.87. The first-order chi connectivity index (χ1) is 14.8. The van der Waals surface area contributed by atoms with Crippen LogP contribution in [0.25, 0.3) is 0 Å². The molecule has 1 aliphatic rings. The highest BCUT2D eigenvalue weighted by atomic mass is 16.5. The van der Waals surface area contributed by atoms with Gasteiger partial charge in [-0.2, -0.15) is 0 Å². The summed E-state index contributed by atoms with van der Waals surface area (Å²) >= 11 is 0. The number of amides is 1. The standard InChI is InChI=1S/C25H24N2O4/c1-14-8-15(2)10-18(9-14)26-24(29)21-13-20-22(27-25(21)30)11-17(12-23(20)28)16-4-6-19(31-3)7-5-16/h4-10,13,17H,11-12H2,1-3H3,(H,26,29)(H,27,30)/t17-/m1/s1. The summed E-state index contributed by atoms with van der Waals surface area (Å²) < 4.78 is 5.19. The molecule has 2 N–H and O–H groups in total. The van der Waals surface area contributed by atoms with E-state index in [0.717, 1.165) is 22.4 Å². The largest absolute Gasteiger partial charge is 0.497 e. The number of ketones is 1. The number of aromatic amines is 1. The lowest BCUT2D eigenvalue weighted by atomic mass is 9.81. The average molecular weight is 416 g/mol. The third kappa shape index (κ3) is 4.28. The monoisotopic (exact) mass is 416 g/mol. The molecule has 1 aliphatic carbocycles. The molecule has 0 unspecified atom stereocenters. The lowest BCUT2D eigenvalue weighted by molar-refractivity contribution is 0.0963. The second-order valence-electron chi connectivity index (χ2n) is 8.04. The Morgan fingerprint density at radius 2 is 1.68 bits per heavy atom. The van der Waals surface area contributed by atoms with Gasteiger partial charge in [0.05, 0.1) is 7.11 Å². The van der Waals surface area contributed by atoms with E-state index in [0.29, 0.717) is 29.8 Å². The molecule has 0 saturated carbocycles. The van der Waals surface area contributed by atoms with E-state index in [1.54, 1.807) is 7.11 Å². The molecule has 3 aromatic rings. The first-order valence-electron chi connectivity index (χ1n) is 10.2. The number of nitrogens with one attached hydrogen (secondary N) is 2. The first-order valence-corrected chi connectivity index (χ1v) is 10.2. The highest BCUT2D eigenvalue weighted by Crippen LogP contribution is 2.32. The molecule has 1 heterocycles. The minimum Gasteiger partial charge on any atom is -0.497 e. The van der Waals surface area contributed by atoms with E-state index >= 15 is 0 Å². The van der Waals surface area contributed by atoms with Crippen molar-refractivity contribution < 1.29 is 14.3 Å². The number of methoxy groups -OCH3 is 1. The van der Waals surface area contributed by atoms with Crippen LogP contribution in [0.5, 0.6) is 5.75 Å². The van der Waals surface area contributed by atoms with Gasteiger partial charge in [0.2, 0.25) is 0 Å². The number of hydrogen-bond acceptors (Lipinski definition) is 4. The zero-order valence-electron chi connectivity index (χ0n) is 17.7. The fourth-order valence-electron chi connectivity index (χ4n) is 4.16. The average Bonchev–Trinajstić information content (AvgIpc) is 2.72. The number of aromatic nitrogens is 1. The molecule has 31 heavy (non-hydrogen) atoms. The van der Waals surface area contributed by atoms with Crippen LogP contribution in [-0.4, -0.2) is 23.8 Å². The maximum atomic E-state index is 12.8. The minimum absolute atomic E-state index is 0.0310. The van der Waals surface area contributed by atoms with Gasteiger partial charge in [-0.1, -0.05) is 18.2 Å². The van der Waals surface area contributed by atoms with Crippen molar-refractivity contribution >= 4 is 17.4 Å². The number of pyridine rings is 1. The number of benzene rings is 2. The summed E-state index contributed by atoms with van der Waals surface area (Å²) in [7, 11) is 1.61. The number of aryl methyl sites for hydroxylation is 2. The molecule has 2 aromatic carbocycles. The van der Waals surface area contributed by atoms with Crippen LogP contribution in [0.15, 0.2) is 53.3 Å². The number of carbonyl (C=O) groups excluding carboxylic acids is 2. The van der Waals surface area contributed by atoms with Crippen molar-refractivity contribution in [3.05, 3.63) is 92.4 Å². The van der Waals surface area contributed by atoms with Gasteiger partial charge in [-0.05, 0) is 73.2 Å². The van der Waals surface area contributed by atoms with E-state index in [4.69, 9.17) is 4.74 Å². The van der Waals surface area contributed by atoms with Crippen molar-refractivity contribution in [2.45, 2.75) is 32.6 Å². The van der Waals surface area contributed by atoms with Crippen molar-refractivity contribution in [1.82, 2.24) is 4.98 Å². The fraction of sp³-hybridized carbons (Fsp3) is 0.240. The zero-order chi connectivity index (χ0) is 22.1. The molecule has 1 aromatic heterocycles. The molecule has 6 heteroatoms. The maximum absolute atomic E-state index is 12.8. The number of H-pyrrole nitrogens is 1. The number of hydrogen-bond donors (Lipinski definition) is 2. The Morgan fingerprint density at radius 1 is 1.00 bits per heavy atom. The summed E-state index contributed by atoms with van der Waals surface area (Å²) in [4.78, 5) is 41.0. The van der Waals surface area contributed by atoms with E-state index in [1.807, 2.05) is 56.3 Å². The molecule has 0 radical (unpaired) electrons. The fourth-order valence-corrected chi connectivity index (χ4v) is 4.16. The van der Waals surface area contributed by atoms with E-state index < -0.39 is 11.5 Å². The van der Waals surface area contributed by atoms with Crippen molar-refractivity contribution in [1.29, 1.82) is 0 Å². The summed E-state index contributed by atoms with van der Waals surface area (Å²) in [5.74, 6) is 0.105. The van der Waals surface area contributed by atoms with Gasteiger partial charge in [0.25, 0.3) is 11.5 Å². The van der Waals surface area contributed by atoms with Gasteiger partial charge < -0.3 is 15.0 Å². The van der Waals surface area contributed by atoms with Gasteiger partial charge in [0, 0.05) is 23.4 Å². The Balaban J connectivity index is 1.60. The molecule has 1 amide bonds. The second kappa shape index (κ2) is 8.22. The predicted molar refractivity (Wildman–Crippen MR) is 119 cm³/mol. The molecular formula is C25H24N2O4. The van der Waals surface area contributed by atoms with Crippen LogP contribution in [0.3, 0.4) is 0 Å². The second-order valence-corrected chi connectivity index (χ2v) is 8.04. The normalized spacial score (nSPS) is 15.3. The number of carbonyl (C=O) groups is 2. The van der Waals surface area contributed by atoms with Crippen LogP contribution in [-0.2, 0) is 6.42 Å². The van der Waals surface area contributed by atoms with Crippen LogP contribution >= 0.6 is 0 Å². The van der Waals surface area contributed by atoms with Crippen molar-refractivity contribution in [3.8, 4) is 5.75 Å². The lowest BCUT2D eigenvalue weighted by Gasteiger charge is -2.24. The summed E-state index contributed by atoms with van der Waals surface area (Å²) in [5.41, 5.74) is 4.07. The highest BCUT2D eigenvalue weighted by molar-refractivity contribution is 6.06. The van der Waals surface area contributed by atoms with Gasteiger partial charge in [-0.25, -0.2) is 0 Å². The van der Waals surface area contributed by atoms with Crippen LogP contribution < -0.4 is 15.6 Å². The molecule has 0 aliphatic heterocycles. The molecule has 6 nitrogen and oxygen atoms in total. The molecule has 0 spiro atoms. The van der Waals surface area contributed by atoms with Crippen LogP contribution in [0, 0.1) is 13.8 Å². The third-order valence-corrected chi connectivity index (χ3v) is 5.62. The Morgan fingerprint density at radius 3 is 2.32 bits per heavy atom. The predicted octanol–water partition coefficient (Wildman–Crippen LogP) is 4.17. The number of fused-ring (bicyclic) bond motifs is 1. The van der Waals surface area contributed by atoms with Crippen molar-refractivity contribution in [2.24, 2.45) is 0 Å². The number of ether oxygens (including phenoxy) is 1. The number of anilines is 1. The van der Waals surface area contributed by atoms with Crippen LogP contribution in [0.4, 0.5) is 5.69 Å². The van der Waals surface area contributed by atoms with Crippen molar-refractivity contribution in [2.75, 3.05) is 12.4 Å². The summed E-state index contributed by atoms with van der Waals surface area (Å²) in [6, 6.07) is 14.7. The van der Waals surface area contributed by atoms with E-state index in [1.165, 1.54) is 6.07 Å². The van der Waals surface area contributed by atoms with E-state index in [9.17, 15) is 14.4 Å². The Labute approximate surface area is 180 Å². The quantitative estimate of drug-likeness (QED) is 0.668. The third-order valence-electron chi connectivity index (χ3n) is 5.62. The smallest absolute Gasteiger partial charge is 0.261 e. The molecule has 158 valence electrons. The van der Waals surface area contributed by atoms with Crippen LogP contribution in [0.1, 0.15) is 55.4 Å². The van der Waals surface area contributed by atoms with Gasteiger partial charge in [0.1, 0.15) is 11.3 Å². The van der Waals surface area contributed by atoms with Gasteiger partial charge in [-0.3, -0.25) is 14.4 Å². The molecular weight excluding hydrogens is 392 g/mol. The van der Waals surface area contributed by atoms with Crippen LogP contribution in [0.2, 0.25) is 0 Å². The van der Waals surface area contributed by atoms with Gasteiger partial charge in [0.15, 0.2) is 5.78 Å². The summed E-state index contributed by atoms with van der Waals surface area (Å²) in [6.07, 6.45) is 0.852. The maximum Gasteiger partial charge on any atom is 0.261 e. The van der Waals surface area contributed by atoms with E-state index in [2.05, 4.69) is 10.3 Å². The molecule has 4 rings (SSSR count). The topological polar surface area (TPSA) is 88.3 Å². The summed E-state index contributed by atoms with van der Waals surface area (Å²) in [5, 5.41) is 2.77. The SMILES string of the molecule is COc1ccc([C@H]2CC(=O)c3cc(C(=O)Nc4cc(C)cc(C)c4)c(=O)[nH]c3C2)cc1. The Kier molecular flexibility index (Phi) is 5.46. The number of rotatable bonds is 4. The first kappa shape index (κ1) is 20.6. The Bertz CT molecular complexity index is 1210. The molecule has 0 fully saturated rings. The van der Waals surface area contributed by atoms with Gasteiger partial charge >= 0.3 is 0 Å². The molecule has 1 atom stereocenters. The number of Topliss-reactive ketones (excluding diaryl/α,β-unsaturated/α-hetero) is 1. The van der Waals surface area contributed by atoms with E-state index in [-0.39, 0.29) is 17.3 Å². The lowest BCUT2D eigenvalue weighted by Crippen LogP contribution is -2.29. The Hall–Kier alpha value is -3.67. The van der Waals surface area contributed by atoms with Gasteiger partial charge in [-0.15, -0.1) is 0 Å². The highest BCUT2D eigenvalue weighted by Gasteiger charge is 2.29.